The van der Waals surface area contributed by atoms with Crippen molar-refractivity contribution in [3.63, 3.8) is 0 Å². The Morgan fingerprint density at radius 1 is 0.700 bits per heavy atom. The molecule has 2 amide bonds. The summed E-state index contributed by atoms with van der Waals surface area (Å²) in [6.45, 7) is 0. The first-order valence-electron chi connectivity index (χ1n) is 13.7. The number of aliphatic carboxylic acids is 2. The summed E-state index contributed by atoms with van der Waals surface area (Å²) in [5.41, 5.74) is 7.60. The highest BCUT2D eigenvalue weighted by Gasteiger charge is 2.47. The highest BCUT2D eigenvalue weighted by Crippen LogP contribution is 2.45. The van der Waals surface area contributed by atoms with Gasteiger partial charge in [0.05, 0.1) is 12.1 Å². The summed E-state index contributed by atoms with van der Waals surface area (Å²) in [6, 6.07) is 10.0. The molecule has 202 valence electrons. The molecule has 4 N–H and O–H groups in total. The fraction of sp³-hybridized carbons (Fsp3) is 0.333. The number of nitrogens with one attached hydrogen (secondary N) is 2. The monoisotopic (exact) mass is 538 g/mol. The maximum atomic E-state index is 12.5. The van der Waals surface area contributed by atoms with Gasteiger partial charge in [-0.05, 0) is 47.2 Å². The van der Waals surface area contributed by atoms with Crippen molar-refractivity contribution in [2.45, 2.75) is 62.7 Å². The average Bonchev–Trinajstić information content (AvgIpc) is 3.70. The Morgan fingerprint density at radius 3 is 1.52 bits per heavy atom. The molecule has 2 saturated heterocycles. The number of aromatic amines is 2. The maximum Gasteiger partial charge on any atom is 0.326 e. The average molecular weight is 539 g/mol. The Bertz CT molecular complexity index is 1690. The van der Waals surface area contributed by atoms with E-state index < -0.39 is 24.0 Å². The van der Waals surface area contributed by atoms with Crippen LogP contribution in [0.2, 0.25) is 0 Å². The van der Waals surface area contributed by atoms with Crippen LogP contribution < -0.4 is 0 Å². The lowest BCUT2D eigenvalue weighted by atomic mass is 9.91. The first-order valence-corrected chi connectivity index (χ1v) is 13.7. The molecule has 0 unspecified atom stereocenters. The molecule has 0 radical (unpaired) electrons. The number of nitrogens with zero attached hydrogens (tertiary/aromatic N) is 2. The van der Waals surface area contributed by atoms with Gasteiger partial charge in [-0.25, -0.2) is 9.59 Å². The SMILES string of the molecule is O=C(O)[C@H]1Cc2c([nH]c3cc(-c4ccc5c6c([nH]c5c4)[C@H]4CCC(=O)N4[C@H](C(=O)O)C6)ccc23)[C@@H]2CCC(=O)N12. The van der Waals surface area contributed by atoms with Crippen molar-refractivity contribution in [2.24, 2.45) is 0 Å². The second kappa shape index (κ2) is 7.97. The smallest absolute Gasteiger partial charge is 0.326 e. The summed E-state index contributed by atoms with van der Waals surface area (Å²) in [5, 5.41) is 21.6. The van der Waals surface area contributed by atoms with Gasteiger partial charge in [-0.2, -0.15) is 0 Å². The number of carboxylic acids is 2. The largest absolute Gasteiger partial charge is 0.480 e. The molecule has 4 atom stereocenters. The Morgan fingerprint density at radius 2 is 1.12 bits per heavy atom. The summed E-state index contributed by atoms with van der Waals surface area (Å²) >= 11 is 0. The van der Waals surface area contributed by atoms with Crippen LogP contribution in [-0.2, 0) is 32.0 Å². The second-order valence-electron chi connectivity index (χ2n) is 11.4. The summed E-state index contributed by atoms with van der Waals surface area (Å²) in [7, 11) is 0. The van der Waals surface area contributed by atoms with Crippen LogP contribution >= 0.6 is 0 Å². The number of hydrogen-bond acceptors (Lipinski definition) is 4. The van der Waals surface area contributed by atoms with E-state index in [9.17, 15) is 29.4 Å². The molecule has 0 saturated carbocycles. The third-order valence-electron chi connectivity index (χ3n) is 9.43. The lowest BCUT2D eigenvalue weighted by Crippen LogP contribution is -2.47. The fourth-order valence-electron chi connectivity index (χ4n) is 7.67. The van der Waals surface area contributed by atoms with E-state index in [0.717, 1.165) is 55.4 Å². The summed E-state index contributed by atoms with van der Waals surface area (Å²) in [6.07, 6.45) is 2.49. The minimum Gasteiger partial charge on any atom is -0.480 e. The zero-order chi connectivity index (χ0) is 27.4. The quantitative estimate of drug-likeness (QED) is 0.313. The minimum atomic E-state index is -0.974. The van der Waals surface area contributed by atoms with E-state index in [4.69, 9.17) is 0 Å². The van der Waals surface area contributed by atoms with Gasteiger partial charge < -0.3 is 30.0 Å². The Labute approximate surface area is 227 Å². The van der Waals surface area contributed by atoms with Crippen molar-refractivity contribution in [1.29, 1.82) is 0 Å². The third kappa shape index (κ3) is 3.04. The van der Waals surface area contributed by atoms with E-state index in [-0.39, 0.29) is 36.7 Å². The van der Waals surface area contributed by atoms with Crippen LogP contribution in [-0.4, -0.2) is 65.8 Å². The molecule has 0 aliphatic carbocycles. The highest BCUT2D eigenvalue weighted by molar-refractivity contribution is 5.96. The predicted octanol–water partition coefficient (Wildman–Crippen LogP) is 3.66. The first-order chi connectivity index (χ1) is 19.3. The zero-order valence-corrected chi connectivity index (χ0v) is 21.4. The molecule has 10 heteroatoms. The lowest BCUT2D eigenvalue weighted by molar-refractivity contribution is -0.150. The topological polar surface area (TPSA) is 147 Å². The maximum absolute atomic E-state index is 12.5. The van der Waals surface area contributed by atoms with Crippen LogP contribution in [0.4, 0.5) is 0 Å². The summed E-state index contributed by atoms with van der Waals surface area (Å²) < 4.78 is 0. The summed E-state index contributed by atoms with van der Waals surface area (Å²) in [5.74, 6) is -2.16. The van der Waals surface area contributed by atoms with Crippen molar-refractivity contribution < 1.29 is 29.4 Å². The molecule has 0 spiro atoms. The van der Waals surface area contributed by atoms with Gasteiger partial charge in [0.25, 0.3) is 0 Å². The highest BCUT2D eigenvalue weighted by atomic mass is 16.4. The fourth-order valence-corrected chi connectivity index (χ4v) is 7.67. The van der Waals surface area contributed by atoms with Crippen molar-refractivity contribution in [2.75, 3.05) is 0 Å². The lowest BCUT2D eigenvalue weighted by Gasteiger charge is -2.35. The molecule has 0 bridgehead atoms. The van der Waals surface area contributed by atoms with Gasteiger partial charge in [-0.3, -0.25) is 9.59 Å². The van der Waals surface area contributed by atoms with Gasteiger partial charge in [0.2, 0.25) is 11.8 Å². The number of carbonyl (C=O) groups excluding carboxylic acids is 2. The van der Waals surface area contributed by atoms with E-state index in [2.05, 4.69) is 22.1 Å². The molecule has 10 nitrogen and oxygen atoms in total. The van der Waals surface area contributed by atoms with Gasteiger partial charge in [-0.15, -0.1) is 0 Å². The molecular formula is C30H26N4O6. The van der Waals surface area contributed by atoms with E-state index in [0.29, 0.717) is 25.7 Å². The molecule has 8 rings (SSSR count). The number of rotatable bonds is 3. The molecule has 4 aliphatic heterocycles. The van der Waals surface area contributed by atoms with Gasteiger partial charge in [0.15, 0.2) is 0 Å². The number of benzene rings is 2. The molecule has 40 heavy (non-hydrogen) atoms. The number of amides is 2. The normalized spacial score (nSPS) is 25.3. The Balaban J connectivity index is 1.19. The number of carbonyl (C=O) groups is 4. The van der Waals surface area contributed by atoms with Crippen LogP contribution in [0, 0.1) is 0 Å². The Hall–Kier alpha value is -4.60. The zero-order valence-electron chi connectivity index (χ0n) is 21.4. The molecule has 6 heterocycles. The molecule has 2 aromatic heterocycles. The molecule has 2 aromatic carbocycles. The number of hydrogen-bond donors (Lipinski definition) is 4. The van der Waals surface area contributed by atoms with E-state index in [1.807, 2.05) is 24.3 Å². The van der Waals surface area contributed by atoms with Crippen molar-refractivity contribution in [1.82, 2.24) is 19.8 Å². The number of aromatic nitrogens is 2. The van der Waals surface area contributed by atoms with Gasteiger partial charge >= 0.3 is 11.9 Å². The predicted molar refractivity (Wildman–Crippen MR) is 143 cm³/mol. The summed E-state index contributed by atoms with van der Waals surface area (Å²) in [4.78, 5) is 59.1. The second-order valence-corrected chi connectivity index (χ2v) is 11.4. The molecular weight excluding hydrogens is 512 g/mol. The molecule has 4 aromatic rings. The van der Waals surface area contributed by atoms with Crippen LogP contribution in [0.3, 0.4) is 0 Å². The van der Waals surface area contributed by atoms with Gasteiger partial charge in [-0.1, -0.05) is 24.3 Å². The van der Waals surface area contributed by atoms with Crippen LogP contribution in [0.5, 0.6) is 0 Å². The van der Waals surface area contributed by atoms with Crippen molar-refractivity contribution in [3.8, 4) is 11.1 Å². The Kier molecular flexibility index (Phi) is 4.64. The van der Waals surface area contributed by atoms with Crippen molar-refractivity contribution in [3.05, 3.63) is 58.9 Å². The number of carboxylic acid groups (broad SMARTS) is 2. The number of fused-ring (bicyclic) bond motifs is 10. The van der Waals surface area contributed by atoms with Crippen LogP contribution in [0.25, 0.3) is 32.9 Å². The van der Waals surface area contributed by atoms with Crippen molar-refractivity contribution >= 4 is 45.6 Å². The standard InChI is InChI=1S/C30H26N4O6/c35-25-7-5-21-27-17(11-23(29(37)38)33(21)25)15-3-1-13(9-19(15)31-27)14-2-4-16-18-12-24(30(39)40)34-22(6-8-26(34)36)28(18)32-20(16)10-14/h1-4,9-10,21-24,31-32H,5-8,11-12H2,(H,37,38)(H,39,40)/t21-,22+,23+,24-. The molecule has 2 fully saturated rings. The van der Waals surface area contributed by atoms with Gasteiger partial charge in [0, 0.05) is 58.9 Å². The van der Waals surface area contributed by atoms with E-state index in [1.165, 1.54) is 9.80 Å². The third-order valence-corrected chi connectivity index (χ3v) is 9.43. The van der Waals surface area contributed by atoms with Crippen LogP contribution in [0.1, 0.15) is 60.3 Å². The minimum absolute atomic E-state index is 0.107. The molecule has 4 aliphatic rings. The van der Waals surface area contributed by atoms with E-state index in [1.54, 1.807) is 0 Å². The van der Waals surface area contributed by atoms with E-state index >= 15 is 0 Å². The van der Waals surface area contributed by atoms with Crippen LogP contribution in [0.15, 0.2) is 36.4 Å². The number of H-pyrrole nitrogens is 2. The van der Waals surface area contributed by atoms with Gasteiger partial charge in [0.1, 0.15) is 12.1 Å². The first kappa shape index (κ1) is 23.3.